The number of carbonyl (C=O) groups is 4. The van der Waals surface area contributed by atoms with Crippen molar-refractivity contribution >= 4 is 117 Å². The molecule has 0 aliphatic carbocycles. The molecular formula is C80H62N10O8. The highest BCUT2D eigenvalue weighted by molar-refractivity contribution is 5.98. The first-order chi connectivity index (χ1) is 47.9. The van der Waals surface area contributed by atoms with Gasteiger partial charge in [0, 0.05) is 82.2 Å². The summed E-state index contributed by atoms with van der Waals surface area (Å²) < 4.78 is 23.1. The Kier molecular flexibility index (Phi) is 17.3. The summed E-state index contributed by atoms with van der Waals surface area (Å²) in [7, 11) is 4.67. The largest absolute Gasteiger partial charge is 0.469 e. The van der Waals surface area contributed by atoms with Crippen LogP contribution in [-0.2, 0) is 48.4 Å². The number of methoxy groups -OCH3 is 2. The first-order valence-electron chi connectivity index (χ1n) is 32.0. The minimum Gasteiger partial charge on any atom is -0.469 e. The molecule has 18 heteroatoms. The number of H-pyrrole nitrogens is 4. The van der Waals surface area contributed by atoms with E-state index >= 15 is 0 Å². The molecular weight excluding hydrogens is 1230 g/mol. The highest BCUT2D eigenvalue weighted by Crippen LogP contribution is 2.37. The van der Waals surface area contributed by atoms with Crippen molar-refractivity contribution < 1.29 is 38.1 Å². The first kappa shape index (κ1) is 62.5. The van der Waals surface area contributed by atoms with Crippen LogP contribution in [0.5, 0.6) is 0 Å². The molecule has 7 aromatic heterocycles. The molecule has 3 aromatic carbocycles. The quantitative estimate of drug-likeness (QED) is 0.0478. The number of ether oxygens (including phenoxy) is 4. The summed E-state index contributed by atoms with van der Waals surface area (Å²) in [5, 5.41) is 0. The molecule has 10 aromatic rings. The van der Waals surface area contributed by atoms with Gasteiger partial charge in [0.05, 0.1) is 128 Å². The molecule has 4 aliphatic heterocycles. The van der Waals surface area contributed by atoms with Crippen molar-refractivity contribution in [2.24, 2.45) is 7.05 Å². The third-order valence-electron chi connectivity index (χ3n) is 17.2. The van der Waals surface area contributed by atoms with E-state index in [1.807, 2.05) is 170 Å². The molecule has 4 aliphatic rings. The SMILES string of the molecule is CCOC(=O)c1ccc(-c2c3nc(c(C#Cc4c5nc(c(CCC(=O)OC)c6ccc([nH]6)c(-c6nccn6C)c6nc(c(CCC(=O)OC)c7ccc4[nH]7)C=C6)C=C5)c4ccc([nH]4)c(-c4ccc(C(=O)OCC)cc4)c4nc(c(C#Cc5ccccc5)c5ccc2[nH]5)C=C4)C=C3)cc1. The fourth-order valence-electron chi connectivity index (χ4n) is 12.3. The van der Waals surface area contributed by atoms with Gasteiger partial charge in [0.25, 0.3) is 0 Å². The van der Waals surface area contributed by atoms with E-state index in [4.69, 9.17) is 43.9 Å². The van der Waals surface area contributed by atoms with Crippen molar-refractivity contribution in [3.05, 3.63) is 230 Å². The Morgan fingerprint density at radius 3 is 1.22 bits per heavy atom. The van der Waals surface area contributed by atoms with Crippen molar-refractivity contribution in [3.8, 4) is 57.3 Å². The number of aromatic amines is 4. The zero-order valence-electron chi connectivity index (χ0n) is 54.1. The Morgan fingerprint density at radius 1 is 0.418 bits per heavy atom. The summed E-state index contributed by atoms with van der Waals surface area (Å²) in [6.07, 6.45) is 19.8. The molecule has 0 saturated carbocycles. The van der Waals surface area contributed by atoms with Gasteiger partial charge in [0.15, 0.2) is 0 Å². The Bertz CT molecular complexity index is 5480. The summed E-state index contributed by atoms with van der Waals surface area (Å²) in [4.78, 5) is 93.3. The van der Waals surface area contributed by atoms with Gasteiger partial charge >= 0.3 is 23.9 Å². The number of fused-ring (bicyclic) bond motifs is 16. The second kappa shape index (κ2) is 27.2. The predicted octanol–water partition coefficient (Wildman–Crippen LogP) is 14.7. The number of carbonyl (C=O) groups excluding carboxylic acids is 4. The van der Waals surface area contributed by atoms with E-state index in [-0.39, 0.29) is 50.8 Å². The lowest BCUT2D eigenvalue weighted by molar-refractivity contribution is -0.141. The fraction of sp³-hybridized carbons (Fsp3) is 0.138. The van der Waals surface area contributed by atoms with Crippen LogP contribution in [-0.4, -0.2) is 101 Å². The van der Waals surface area contributed by atoms with E-state index in [9.17, 15) is 19.2 Å². The first-order valence-corrected chi connectivity index (χ1v) is 32.0. The van der Waals surface area contributed by atoms with Gasteiger partial charge in [-0.1, -0.05) is 66.1 Å². The number of aryl methyl sites for hydroxylation is 3. The predicted molar refractivity (Wildman–Crippen MR) is 382 cm³/mol. The molecule has 0 spiro atoms. The molecule has 0 amide bonds. The maximum atomic E-state index is 13.1. The second-order valence-electron chi connectivity index (χ2n) is 23.2. The molecule has 0 radical (unpaired) electrons. The van der Waals surface area contributed by atoms with E-state index in [1.165, 1.54) is 14.2 Å². The van der Waals surface area contributed by atoms with Crippen molar-refractivity contribution in [2.45, 2.75) is 39.5 Å². The minimum absolute atomic E-state index is 0.0742. The molecule has 11 heterocycles. The van der Waals surface area contributed by atoms with Crippen LogP contribution in [0.1, 0.15) is 126 Å². The summed E-state index contributed by atoms with van der Waals surface area (Å²) >= 11 is 0. The Morgan fingerprint density at radius 2 is 0.786 bits per heavy atom. The van der Waals surface area contributed by atoms with Gasteiger partial charge in [-0.2, -0.15) is 0 Å². The number of hydrogen-bond donors (Lipinski definition) is 4. The van der Waals surface area contributed by atoms with Crippen LogP contribution in [0.15, 0.2) is 140 Å². The van der Waals surface area contributed by atoms with Crippen LogP contribution >= 0.6 is 0 Å². The van der Waals surface area contributed by atoms with Crippen molar-refractivity contribution in [2.75, 3.05) is 27.4 Å². The van der Waals surface area contributed by atoms with E-state index in [1.54, 1.807) is 44.3 Å². The van der Waals surface area contributed by atoms with E-state index in [0.29, 0.717) is 112 Å². The van der Waals surface area contributed by atoms with Gasteiger partial charge in [-0.15, -0.1) is 0 Å². The van der Waals surface area contributed by atoms with Crippen LogP contribution in [0.3, 0.4) is 0 Å². The lowest BCUT2D eigenvalue weighted by Crippen LogP contribution is -2.04. The smallest absolute Gasteiger partial charge is 0.338 e. The molecule has 0 fully saturated rings. The molecule has 480 valence electrons. The average molecular weight is 1290 g/mol. The average Bonchev–Trinajstić information content (AvgIpc) is 1.64. The maximum absolute atomic E-state index is 13.1. The normalized spacial score (nSPS) is 11.8. The number of imidazole rings is 1. The number of esters is 4. The van der Waals surface area contributed by atoms with E-state index < -0.39 is 11.9 Å². The number of nitrogens with zero attached hydrogens (tertiary/aromatic N) is 6. The number of rotatable bonds is 13. The molecule has 18 nitrogen and oxygen atoms in total. The van der Waals surface area contributed by atoms with Gasteiger partial charge in [0.1, 0.15) is 5.82 Å². The van der Waals surface area contributed by atoms with Gasteiger partial charge < -0.3 is 43.5 Å². The molecule has 14 rings (SSSR count). The minimum atomic E-state index is -0.437. The van der Waals surface area contributed by atoms with Crippen LogP contribution in [0.25, 0.3) is 126 Å². The molecule has 0 unspecified atom stereocenters. The maximum Gasteiger partial charge on any atom is 0.338 e. The summed E-state index contributed by atoms with van der Waals surface area (Å²) in [5.41, 5.74) is 18.7. The van der Waals surface area contributed by atoms with Gasteiger partial charge in [-0.25, -0.2) is 34.5 Å². The third-order valence-corrected chi connectivity index (χ3v) is 17.2. The van der Waals surface area contributed by atoms with Gasteiger partial charge in [0.2, 0.25) is 0 Å². The topological polar surface area (TPSA) is 238 Å². The van der Waals surface area contributed by atoms with Crippen LogP contribution in [0.4, 0.5) is 0 Å². The van der Waals surface area contributed by atoms with Crippen LogP contribution in [0, 0.1) is 23.7 Å². The molecule has 0 atom stereocenters. The standard InChI is InChI=1S/C80H62N10O8/c1-6-97-79(93)50-18-14-48(15-19-50)75-67-37-31-61(84-67)52(22-13-47-11-9-8-10-12-47)62-32-38-68(85-62)76(49-16-20-51(21-17-49)80(94)98-7-2)70-40-34-64(87-70)54(63-33-39-69(75)86-63)24-23-53-57-27-29-59(82-57)55(25-43-73(91)95-4)65-35-41-71(88-65)77(78-81-45-46-90(78)3)72-42-36-66(89-72)56(26-44-74(92)96-5)60-30-28-58(53)83-60/h8-12,14-21,27-42,45-46,82,84,87,89H,6-7,25-26,43-44H2,1-5H3. The monoisotopic (exact) mass is 1290 g/mol. The summed E-state index contributed by atoms with van der Waals surface area (Å²) in [6.45, 7) is 4.00. The Hall–Kier alpha value is -12.9. The van der Waals surface area contributed by atoms with Crippen molar-refractivity contribution in [1.82, 2.24) is 49.4 Å². The number of nitrogens with one attached hydrogen (secondary N) is 4. The van der Waals surface area contributed by atoms with E-state index in [2.05, 4.69) is 43.6 Å². The Balaban J connectivity index is 1.07. The van der Waals surface area contributed by atoms with Crippen molar-refractivity contribution in [3.63, 3.8) is 0 Å². The number of aromatic nitrogens is 10. The molecule has 4 N–H and O–H groups in total. The summed E-state index contributed by atoms with van der Waals surface area (Å²) in [5.74, 6) is 13.1. The Labute approximate surface area is 562 Å². The lowest BCUT2D eigenvalue weighted by atomic mass is 10.0. The zero-order valence-corrected chi connectivity index (χ0v) is 54.1. The number of hydrogen-bond acceptors (Lipinski definition) is 13. The number of benzene rings is 3. The fourth-order valence-corrected chi connectivity index (χ4v) is 12.3. The van der Waals surface area contributed by atoms with Crippen LogP contribution < -0.4 is 0 Å². The highest BCUT2D eigenvalue weighted by Gasteiger charge is 2.23. The zero-order chi connectivity index (χ0) is 67.4. The highest BCUT2D eigenvalue weighted by atomic mass is 16.5. The molecule has 0 saturated heterocycles. The molecule has 98 heavy (non-hydrogen) atoms. The van der Waals surface area contributed by atoms with Gasteiger partial charge in [-0.05, 0) is 171 Å². The van der Waals surface area contributed by atoms with Gasteiger partial charge in [-0.3, -0.25) is 9.59 Å². The van der Waals surface area contributed by atoms with Crippen molar-refractivity contribution in [1.29, 1.82) is 0 Å². The third kappa shape index (κ3) is 12.6. The van der Waals surface area contributed by atoms with E-state index in [0.717, 1.165) is 55.5 Å². The van der Waals surface area contributed by atoms with Crippen LogP contribution in [0.2, 0.25) is 0 Å². The molecule has 16 bridgehead atoms. The lowest BCUT2D eigenvalue weighted by Gasteiger charge is -2.07. The second-order valence-corrected chi connectivity index (χ2v) is 23.2. The summed E-state index contributed by atoms with van der Waals surface area (Å²) in [6, 6.07) is 40.0.